The fourth-order valence-electron chi connectivity index (χ4n) is 4.21. The first-order valence-electron chi connectivity index (χ1n) is 8.80. The minimum atomic E-state index is 0.347. The molecule has 0 radical (unpaired) electrons. The van der Waals surface area contributed by atoms with Gasteiger partial charge in [0.05, 0.1) is 0 Å². The first kappa shape index (κ1) is 14.4. The highest BCUT2D eigenvalue weighted by Crippen LogP contribution is 2.32. The van der Waals surface area contributed by atoms with Gasteiger partial charge in [0.25, 0.3) is 0 Å². The highest BCUT2D eigenvalue weighted by molar-refractivity contribution is 5.79. The topological polar surface area (TPSA) is 23.6 Å². The molecule has 20 heavy (non-hydrogen) atoms. The number of carbonyl (C=O) groups is 1. The molecule has 2 aliphatic heterocycles. The summed E-state index contributed by atoms with van der Waals surface area (Å²) in [4.78, 5) is 17.0. The smallest absolute Gasteiger partial charge is 0.225 e. The van der Waals surface area contributed by atoms with Crippen LogP contribution in [0.4, 0.5) is 0 Å². The Labute approximate surface area is 123 Å². The van der Waals surface area contributed by atoms with E-state index in [1.807, 2.05) is 0 Å². The monoisotopic (exact) mass is 278 g/mol. The van der Waals surface area contributed by atoms with Crippen molar-refractivity contribution in [2.24, 2.45) is 11.8 Å². The number of likely N-dealkylation sites (tertiary alicyclic amines) is 2. The van der Waals surface area contributed by atoms with Gasteiger partial charge in [0.15, 0.2) is 0 Å². The van der Waals surface area contributed by atoms with Crippen molar-refractivity contribution in [2.75, 3.05) is 26.2 Å². The molecule has 0 aromatic heterocycles. The molecule has 0 unspecified atom stereocenters. The molecule has 3 fully saturated rings. The summed E-state index contributed by atoms with van der Waals surface area (Å²) < 4.78 is 0. The Morgan fingerprint density at radius 3 is 2.10 bits per heavy atom. The second-order valence-electron chi connectivity index (χ2n) is 7.07. The normalized spacial score (nSPS) is 33.0. The van der Waals surface area contributed by atoms with Gasteiger partial charge < -0.3 is 9.80 Å². The molecule has 3 aliphatic rings. The maximum Gasteiger partial charge on any atom is 0.225 e. The van der Waals surface area contributed by atoms with Gasteiger partial charge in [-0.05, 0) is 64.0 Å². The molecule has 2 saturated heterocycles. The minimum Gasteiger partial charge on any atom is -0.342 e. The Hall–Kier alpha value is -0.570. The first-order valence-corrected chi connectivity index (χ1v) is 8.80. The molecule has 0 N–H and O–H groups in total. The van der Waals surface area contributed by atoms with Crippen molar-refractivity contribution in [1.82, 2.24) is 9.80 Å². The van der Waals surface area contributed by atoms with E-state index < -0.39 is 0 Å². The van der Waals surface area contributed by atoms with E-state index in [2.05, 4.69) is 16.7 Å². The molecule has 2 heterocycles. The molecule has 3 rings (SSSR count). The number of hydrogen-bond acceptors (Lipinski definition) is 2. The summed E-state index contributed by atoms with van der Waals surface area (Å²) in [6.45, 7) is 6.96. The number of amides is 1. The summed E-state index contributed by atoms with van der Waals surface area (Å²) in [5.41, 5.74) is 0. The molecule has 114 valence electrons. The third-order valence-electron chi connectivity index (χ3n) is 5.96. The SMILES string of the molecule is CCC1CCN(C2CCC(C(=O)N3CCC3)CC2)CC1. The first-order chi connectivity index (χ1) is 9.78. The predicted octanol–water partition coefficient (Wildman–Crippen LogP) is 2.90. The third kappa shape index (κ3) is 3.03. The second kappa shape index (κ2) is 6.46. The Balaban J connectivity index is 1.43. The van der Waals surface area contributed by atoms with Crippen molar-refractivity contribution in [3.8, 4) is 0 Å². The van der Waals surface area contributed by atoms with E-state index in [0.29, 0.717) is 11.8 Å². The van der Waals surface area contributed by atoms with E-state index in [0.717, 1.165) is 37.9 Å². The molecular formula is C17H30N2O. The van der Waals surface area contributed by atoms with Crippen LogP contribution in [0.15, 0.2) is 0 Å². The number of carbonyl (C=O) groups excluding carboxylic acids is 1. The van der Waals surface area contributed by atoms with Crippen molar-refractivity contribution in [1.29, 1.82) is 0 Å². The Morgan fingerprint density at radius 2 is 1.60 bits per heavy atom. The molecule has 1 amide bonds. The van der Waals surface area contributed by atoms with E-state index in [9.17, 15) is 4.79 Å². The van der Waals surface area contributed by atoms with E-state index in [1.165, 1.54) is 51.6 Å². The fraction of sp³-hybridized carbons (Fsp3) is 0.941. The van der Waals surface area contributed by atoms with Crippen LogP contribution >= 0.6 is 0 Å². The maximum absolute atomic E-state index is 12.3. The standard InChI is InChI=1S/C17H30N2O/c1-2-14-8-12-18(13-9-14)16-6-4-15(5-7-16)17(20)19-10-3-11-19/h14-16H,2-13H2,1H3. The zero-order chi connectivity index (χ0) is 13.9. The average molecular weight is 278 g/mol. The van der Waals surface area contributed by atoms with Gasteiger partial charge in [0.2, 0.25) is 5.91 Å². The Kier molecular flexibility index (Phi) is 4.65. The van der Waals surface area contributed by atoms with E-state index in [4.69, 9.17) is 0 Å². The lowest BCUT2D eigenvalue weighted by Gasteiger charge is -2.42. The van der Waals surface area contributed by atoms with Crippen LogP contribution in [-0.2, 0) is 4.79 Å². The predicted molar refractivity (Wildman–Crippen MR) is 81.5 cm³/mol. The number of piperidine rings is 1. The van der Waals surface area contributed by atoms with Gasteiger partial charge >= 0.3 is 0 Å². The highest BCUT2D eigenvalue weighted by atomic mass is 16.2. The largest absolute Gasteiger partial charge is 0.342 e. The van der Waals surface area contributed by atoms with Crippen LogP contribution in [0.3, 0.4) is 0 Å². The number of nitrogens with zero attached hydrogens (tertiary/aromatic N) is 2. The third-order valence-corrected chi connectivity index (χ3v) is 5.96. The Morgan fingerprint density at radius 1 is 0.950 bits per heavy atom. The zero-order valence-electron chi connectivity index (χ0n) is 13.0. The fourth-order valence-corrected chi connectivity index (χ4v) is 4.21. The van der Waals surface area contributed by atoms with Gasteiger partial charge in [-0.3, -0.25) is 4.79 Å². The molecule has 3 nitrogen and oxygen atoms in total. The Bertz CT molecular complexity index is 324. The van der Waals surface area contributed by atoms with Gasteiger partial charge in [-0.1, -0.05) is 13.3 Å². The van der Waals surface area contributed by atoms with Crippen LogP contribution in [-0.4, -0.2) is 47.9 Å². The number of rotatable bonds is 3. The lowest BCUT2D eigenvalue weighted by Crippen LogP contribution is -2.48. The van der Waals surface area contributed by atoms with Gasteiger partial charge in [-0.25, -0.2) is 0 Å². The summed E-state index contributed by atoms with van der Waals surface area (Å²) >= 11 is 0. The summed E-state index contributed by atoms with van der Waals surface area (Å²) in [5, 5.41) is 0. The van der Waals surface area contributed by atoms with Crippen molar-refractivity contribution in [2.45, 2.75) is 64.3 Å². The lowest BCUT2D eigenvalue weighted by atomic mass is 9.82. The van der Waals surface area contributed by atoms with Gasteiger partial charge in [-0.2, -0.15) is 0 Å². The minimum absolute atomic E-state index is 0.347. The number of hydrogen-bond donors (Lipinski definition) is 0. The molecule has 0 spiro atoms. The van der Waals surface area contributed by atoms with Gasteiger partial charge in [0, 0.05) is 25.0 Å². The molecule has 0 aromatic carbocycles. The molecular weight excluding hydrogens is 248 g/mol. The van der Waals surface area contributed by atoms with Crippen molar-refractivity contribution in [3.05, 3.63) is 0 Å². The van der Waals surface area contributed by atoms with E-state index in [-0.39, 0.29) is 0 Å². The van der Waals surface area contributed by atoms with E-state index in [1.54, 1.807) is 0 Å². The van der Waals surface area contributed by atoms with Crippen molar-refractivity contribution < 1.29 is 4.79 Å². The second-order valence-corrected chi connectivity index (χ2v) is 7.07. The zero-order valence-corrected chi connectivity index (χ0v) is 13.0. The molecule has 1 saturated carbocycles. The van der Waals surface area contributed by atoms with Crippen molar-refractivity contribution >= 4 is 5.91 Å². The van der Waals surface area contributed by atoms with Crippen LogP contribution in [0.25, 0.3) is 0 Å². The van der Waals surface area contributed by atoms with Crippen LogP contribution in [0, 0.1) is 11.8 Å². The summed E-state index contributed by atoms with van der Waals surface area (Å²) in [7, 11) is 0. The summed E-state index contributed by atoms with van der Waals surface area (Å²) in [6, 6.07) is 0.772. The summed E-state index contributed by atoms with van der Waals surface area (Å²) in [6.07, 6.45) is 10.1. The van der Waals surface area contributed by atoms with Crippen LogP contribution in [0.5, 0.6) is 0 Å². The van der Waals surface area contributed by atoms with Crippen LogP contribution < -0.4 is 0 Å². The van der Waals surface area contributed by atoms with Gasteiger partial charge in [-0.15, -0.1) is 0 Å². The highest BCUT2D eigenvalue weighted by Gasteiger charge is 2.34. The average Bonchev–Trinajstić information content (AvgIpc) is 2.46. The molecule has 1 aliphatic carbocycles. The molecule has 3 heteroatoms. The van der Waals surface area contributed by atoms with E-state index >= 15 is 0 Å². The summed E-state index contributed by atoms with van der Waals surface area (Å²) in [5.74, 6) is 1.77. The van der Waals surface area contributed by atoms with Crippen molar-refractivity contribution in [3.63, 3.8) is 0 Å². The van der Waals surface area contributed by atoms with Crippen LogP contribution in [0.1, 0.15) is 58.3 Å². The molecule has 0 atom stereocenters. The molecule has 0 aromatic rings. The lowest BCUT2D eigenvalue weighted by molar-refractivity contribution is -0.140. The van der Waals surface area contributed by atoms with Gasteiger partial charge in [0.1, 0.15) is 0 Å². The van der Waals surface area contributed by atoms with Crippen LogP contribution in [0.2, 0.25) is 0 Å². The maximum atomic E-state index is 12.3. The quantitative estimate of drug-likeness (QED) is 0.792. The molecule has 0 bridgehead atoms.